The molecular weight excluding hydrogens is 237 g/mol. The lowest BCUT2D eigenvalue weighted by molar-refractivity contribution is 0.370. The van der Waals surface area contributed by atoms with Gasteiger partial charge in [-0.3, -0.25) is 0 Å². The fourth-order valence-electron chi connectivity index (χ4n) is 2.07. The van der Waals surface area contributed by atoms with Crippen LogP contribution in [0, 0.1) is 5.82 Å². The standard InChI is InChI=1S/C13H18FNOS/c1-13(2)8-17-7-11(15-13)9-4-5-12(16-3)10(14)6-9/h4-6,11,15H,7-8H2,1-3H3. The van der Waals surface area contributed by atoms with Gasteiger partial charge in [-0.05, 0) is 31.5 Å². The maximum atomic E-state index is 13.6. The van der Waals surface area contributed by atoms with E-state index in [0.29, 0.717) is 5.75 Å². The minimum absolute atomic E-state index is 0.101. The molecule has 0 radical (unpaired) electrons. The van der Waals surface area contributed by atoms with Crippen LogP contribution in [-0.2, 0) is 0 Å². The Kier molecular flexibility index (Phi) is 3.64. The Bertz CT molecular complexity index is 408. The highest BCUT2D eigenvalue weighted by atomic mass is 32.2. The van der Waals surface area contributed by atoms with E-state index in [1.54, 1.807) is 12.1 Å². The van der Waals surface area contributed by atoms with E-state index >= 15 is 0 Å². The summed E-state index contributed by atoms with van der Waals surface area (Å²) in [4.78, 5) is 0. The fraction of sp³-hybridized carbons (Fsp3) is 0.538. The molecule has 1 aromatic carbocycles. The second-order valence-corrected chi connectivity index (χ2v) is 6.02. The van der Waals surface area contributed by atoms with Crippen LogP contribution in [0.25, 0.3) is 0 Å². The van der Waals surface area contributed by atoms with Gasteiger partial charge in [0, 0.05) is 23.1 Å². The average Bonchev–Trinajstić information content (AvgIpc) is 2.27. The summed E-state index contributed by atoms with van der Waals surface area (Å²) < 4.78 is 18.6. The summed E-state index contributed by atoms with van der Waals surface area (Å²) in [6.45, 7) is 4.35. The molecule has 0 aliphatic carbocycles. The average molecular weight is 255 g/mol. The molecule has 1 N–H and O–H groups in total. The van der Waals surface area contributed by atoms with Crippen molar-refractivity contribution in [3.05, 3.63) is 29.6 Å². The van der Waals surface area contributed by atoms with Crippen molar-refractivity contribution in [2.24, 2.45) is 0 Å². The quantitative estimate of drug-likeness (QED) is 0.878. The first kappa shape index (κ1) is 12.7. The van der Waals surface area contributed by atoms with Crippen LogP contribution in [0.2, 0.25) is 0 Å². The number of halogens is 1. The van der Waals surface area contributed by atoms with E-state index < -0.39 is 0 Å². The molecular formula is C13H18FNOS. The Morgan fingerprint density at radius 1 is 1.47 bits per heavy atom. The van der Waals surface area contributed by atoms with Crippen LogP contribution in [0.4, 0.5) is 4.39 Å². The molecule has 2 nitrogen and oxygen atoms in total. The van der Waals surface area contributed by atoms with Gasteiger partial charge in [-0.15, -0.1) is 0 Å². The molecule has 94 valence electrons. The van der Waals surface area contributed by atoms with E-state index in [2.05, 4.69) is 19.2 Å². The molecule has 0 spiro atoms. The third kappa shape index (κ3) is 2.93. The minimum atomic E-state index is -0.292. The molecule has 2 rings (SSSR count). The van der Waals surface area contributed by atoms with E-state index in [1.165, 1.54) is 7.11 Å². The summed E-state index contributed by atoms with van der Waals surface area (Å²) in [5, 5.41) is 3.55. The van der Waals surface area contributed by atoms with Crippen LogP contribution in [0.5, 0.6) is 5.75 Å². The van der Waals surface area contributed by atoms with Crippen molar-refractivity contribution in [2.45, 2.75) is 25.4 Å². The predicted octanol–water partition coefficient (Wildman–Crippen LogP) is 2.99. The highest BCUT2D eigenvalue weighted by Crippen LogP contribution is 2.30. The second kappa shape index (κ2) is 4.86. The lowest BCUT2D eigenvalue weighted by Crippen LogP contribution is -2.48. The Morgan fingerprint density at radius 3 is 2.82 bits per heavy atom. The maximum Gasteiger partial charge on any atom is 0.165 e. The maximum absolute atomic E-state index is 13.6. The van der Waals surface area contributed by atoms with Crippen molar-refractivity contribution >= 4 is 11.8 Å². The first-order valence-electron chi connectivity index (χ1n) is 5.71. The van der Waals surface area contributed by atoms with Gasteiger partial charge in [0.05, 0.1) is 7.11 Å². The van der Waals surface area contributed by atoms with Gasteiger partial charge in [-0.2, -0.15) is 11.8 Å². The van der Waals surface area contributed by atoms with Crippen LogP contribution in [-0.4, -0.2) is 24.2 Å². The van der Waals surface area contributed by atoms with Gasteiger partial charge in [0.25, 0.3) is 0 Å². The molecule has 0 bridgehead atoms. The van der Waals surface area contributed by atoms with Crippen LogP contribution in [0.3, 0.4) is 0 Å². The number of hydrogen-bond donors (Lipinski definition) is 1. The Balaban J connectivity index is 2.19. The zero-order valence-corrected chi connectivity index (χ0v) is 11.2. The minimum Gasteiger partial charge on any atom is -0.494 e. The van der Waals surface area contributed by atoms with Gasteiger partial charge >= 0.3 is 0 Å². The fourth-order valence-corrected chi connectivity index (χ4v) is 3.29. The molecule has 0 amide bonds. The normalized spacial score (nSPS) is 23.4. The molecule has 1 fully saturated rings. The number of nitrogens with one attached hydrogen (secondary N) is 1. The van der Waals surface area contributed by atoms with Gasteiger partial charge in [-0.25, -0.2) is 4.39 Å². The highest BCUT2D eigenvalue weighted by molar-refractivity contribution is 7.99. The number of thioether (sulfide) groups is 1. The van der Waals surface area contributed by atoms with E-state index in [1.807, 2.05) is 17.8 Å². The molecule has 1 aromatic rings. The number of benzene rings is 1. The Labute approximate surface area is 106 Å². The predicted molar refractivity (Wildman–Crippen MR) is 70.2 cm³/mol. The summed E-state index contributed by atoms with van der Waals surface area (Å²) >= 11 is 1.90. The monoisotopic (exact) mass is 255 g/mol. The molecule has 1 unspecified atom stereocenters. The van der Waals surface area contributed by atoms with Gasteiger partial charge in [0.1, 0.15) is 0 Å². The third-order valence-corrected chi connectivity index (χ3v) is 4.39. The van der Waals surface area contributed by atoms with Crippen molar-refractivity contribution < 1.29 is 9.13 Å². The number of rotatable bonds is 2. The summed E-state index contributed by atoms with van der Waals surface area (Å²) in [5.41, 5.74) is 1.09. The van der Waals surface area contributed by atoms with Crippen LogP contribution < -0.4 is 10.1 Å². The highest BCUT2D eigenvalue weighted by Gasteiger charge is 2.28. The van der Waals surface area contributed by atoms with E-state index in [0.717, 1.165) is 17.1 Å². The molecule has 1 atom stereocenters. The molecule has 1 aliphatic heterocycles. The van der Waals surface area contributed by atoms with Gasteiger partial charge in [0.2, 0.25) is 0 Å². The molecule has 0 saturated carbocycles. The first-order chi connectivity index (χ1) is 8.02. The molecule has 0 aromatic heterocycles. The number of methoxy groups -OCH3 is 1. The smallest absolute Gasteiger partial charge is 0.165 e. The van der Waals surface area contributed by atoms with E-state index in [9.17, 15) is 4.39 Å². The number of hydrogen-bond acceptors (Lipinski definition) is 3. The van der Waals surface area contributed by atoms with E-state index in [4.69, 9.17) is 4.74 Å². The van der Waals surface area contributed by atoms with Crippen LogP contribution in [0.1, 0.15) is 25.5 Å². The van der Waals surface area contributed by atoms with Crippen molar-refractivity contribution in [3.63, 3.8) is 0 Å². The van der Waals surface area contributed by atoms with E-state index in [-0.39, 0.29) is 17.4 Å². The lowest BCUT2D eigenvalue weighted by Gasteiger charge is -2.37. The zero-order valence-electron chi connectivity index (χ0n) is 10.4. The molecule has 1 heterocycles. The van der Waals surface area contributed by atoms with Crippen molar-refractivity contribution in [2.75, 3.05) is 18.6 Å². The Morgan fingerprint density at radius 2 is 2.24 bits per heavy atom. The van der Waals surface area contributed by atoms with Crippen molar-refractivity contribution in [1.82, 2.24) is 5.32 Å². The van der Waals surface area contributed by atoms with Crippen LogP contribution >= 0.6 is 11.8 Å². The van der Waals surface area contributed by atoms with Crippen LogP contribution in [0.15, 0.2) is 18.2 Å². The van der Waals surface area contributed by atoms with Gasteiger partial charge in [0.15, 0.2) is 11.6 Å². The molecule has 4 heteroatoms. The molecule has 1 aliphatic rings. The summed E-state index contributed by atoms with van der Waals surface area (Å²) in [5.74, 6) is 2.08. The van der Waals surface area contributed by atoms with Gasteiger partial charge in [-0.1, -0.05) is 6.07 Å². The zero-order chi connectivity index (χ0) is 12.5. The van der Waals surface area contributed by atoms with Crippen molar-refractivity contribution in [3.8, 4) is 5.75 Å². The second-order valence-electron chi connectivity index (χ2n) is 4.99. The van der Waals surface area contributed by atoms with Crippen molar-refractivity contribution in [1.29, 1.82) is 0 Å². The summed E-state index contributed by atoms with van der Waals surface area (Å²) in [6, 6.07) is 5.41. The molecule has 17 heavy (non-hydrogen) atoms. The summed E-state index contributed by atoms with van der Waals surface area (Å²) in [6.07, 6.45) is 0. The largest absolute Gasteiger partial charge is 0.494 e. The Hall–Kier alpha value is -0.740. The van der Waals surface area contributed by atoms with Gasteiger partial charge < -0.3 is 10.1 Å². The third-order valence-electron chi connectivity index (χ3n) is 2.89. The molecule has 1 saturated heterocycles. The lowest BCUT2D eigenvalue weighted by atomic mass is 10.0. The first-order valence-corrected chi connectivity index (χ1v) is 6.86. The number of ether oxygens (including phenoxy) is 1. The summed E-state index contributed by atoms with van der Waals surface area (Å²) in [7, 11) is 1.48. The topological polar surface area (TPSA) is 21.3 Å². The SMILES string of the molecule is COc1ccc(C2CSCC(C)(C)N2)cc1F.